The van der Waals surface area contributed by atoms with Crippen molar-refractivity contribution < 1.29 is 14.0 Å². The lowest BCUT2D eigenvalue weighted by Crippen LogP contribution is -2.58. The van der Waals surface area contributed by atoms with E-state index in [2.05, 4.69) is 14.1 Å². The van der Waals surface area contributed by atoms with Crippen molar-refractivity contribution in [2.45, 2.75) is 37.1 Å². The smallest absolute Gasteiger partial charge is 0.144 e. The van der Waals surface area contributed by atoms with Gasteiger partial charge in [0.05, 0.1) is 26.9 Å². The predicted octanol–water partition coefficient (Wildman–Crippen LogP) is -0.0561. The van der Waals surface area contributed by atoms with Gasteiger partial charge in [0.25, 0.3) is 0 Å². The molecule has 3 aliphatic heterocycles. The summed E-state index contributed by atoms with van der Waals surface area (Å²) in [4.78, 5) is 11.3. The van der Waals surface area contributed by atoms with E-state index in [1.165, 1.54) is 0 Å². The van der Waals surface area contributed by atoms with Gasteiger partial charge in [-0.25, -0.2) is 0 Å². The summed E-state index contributed by atoms with van der Waals surface area (Å²) in [7, 11) is 4.47. The minimum absolute atomic E-state index is 0.413. The van der Waals surface area contributed by atoms with Gasteiger partial charge in [0.2, 0.25) is 0 Å². The lowest BCUT2D eigenvalue weighted by Gasteiger charge is -2.42. The summed E-state index contributed by atoms with van der Waals surface area (Å²) in [6.45, 7) is 0. The molecule has 66 valence electrons. The summed E-state index contributed by atoms with van der Waals surface area (Å²) in [5.41, 5.74) is 0. The number of nitrogens with zero attached hydrogens (tertiary/aromatic N) is 1. The number of hydrogen-bond acceptors (Lipinski definition) is 2. The molecule has 3 heteroatoms. The highest BCUT2D eigenvalue weighted by atomic mass is 16.6. The van der Waals surface area contributed by atoms with Crippen molar-refractivity contribution in [2.75, 3.05) is 14.1 Å². The molecule has 0 spiro atoms. The summed E-state index contributed by atoms with van der Waals surface area (Å²) >= 11 is 0. The maximum atomic E-state index is 11.3. The molecule has 3 saturated heterocycles. The van der Waals surface area contributed by atoms with E-state index in [-0.39, 0.29) is 0 Å². The minimum atomic E-state index is 0.413. The van der Waals surface area contributed by atoms with Crippen LogP contribution in [0.5, 0.6) is 0 Å². The number of quaternary nitrogens is 1. The van der Waals surface area contributed by atoms with Crippen LogP contribution in [-0.2, 0) is 9.53 Å². The minimum Gasteiger partial charge on any atom is -0.357 e. The topological polar surface area (TPSA) is 29.6 Å². The molecule has 3 aliphatic rings. The van der Waals surface area contributed by atoms with E-state index < -0.39 is 0 Å². The van der Waals surface area contributed by atoms with E-state index in [0.717, 1.165) is 17.3 Å². The Morgan fingerprint density at radius 2 is 1.75 bits per heavy atom. The van der Waals surface area contributed by atoms with Gasteiger partial charge in [0, 0.05) is 0 Å². The predicted molar refractivity (Wildman–Crippen MR) is 42.6 cm³/mol. The molecule has 2 bridgehead atoms. The molecule has 3 fully saturated rings. The van der Waals surface area contributed by atoms with E-state index >= 15 is 0 Å². The van der Waals surface area contributed by atoms with Crippen molar-refractivity contribution in [3.63, 3.8) is 0 Å². The molecule has 3 heterocycles. The second kappa shape index (κ2) is 1.75. The van der Waals surface area contributed by atoms with Crippen LogP contribution in [0.1, 0.15) is 12.8 Å². The molecule has 0 saturated carbocycles. The number of carbonyl (C=O) groups excluding carboxylic acids is 1. The molecule has 0 radical (unpaired) electrons. The molecule has 0 aromatic heterocycles. The molecule has 3 rings (SSSR count). The van der Waals surface area contributed by atoms with Gasteiger partial charge in [-0.2, -0.15) is 0 Å². The molecule has 4 unspecified atom stereocenters. The lowest BCUT2D eigenvalue weighted by atomic mass is 9.98. The fourth-order valence-electron chi connectivity index (χ4n) is 3.01. The number of carbonyl (C=O) groups is 1. The Morgan fingerprint density at radius 3 is 2.25 bits per heavy atom. The Hall–Kier alpha value is -0.410. The van der Waals surface area contributed by atoms with Gasteiger partial charge in [-0.1, -0.05) is 0 Å². The Morgan fingerprint density at radius 1 is 1.25 bits per heavy atom. The fraction of sp³-hybridized carbons (Fsp3) is 0.889. The van der Waals surface area contributed by atoms with Gasteiger partial charge in [-0.15, -0.1) is 0 Å². The average Bonchev–Trinajstić information content (AvgIpc) is 2.66. The van der Waals surface area contributed by atoms with Crippen LogP contribution in [0, 0.1) is 0 Å². The first-order chi connectivity index (χ1) is 5.60. The van der Waals surface area contributed by atoms with Gasteiger partial charge >= 0.3 is 0 Å². The van der Waals surface area contributed by atoms with Crippen LogP contribution < -0.4 is 0 Å². The van der Waals surface area contributed by atoms with E-state index in [1.54, 1.807) is 0 Å². The molecule has 4 atom stereocenters. The summed E-state index contributed by atoms with van der Waals surface area (Å²) in [5.74, 6) is 0.443. The van der Waals surface area contributed by atoms with E-state index in [9.17, 15) is 4.79 Å². The van der Waals surface area contributed by atoms with Crippen molar-refractivity contribution in [2.24, 2.45) is 0 Å². The number of fused-ring (bicyclic) bond motifs is 5. The first-order valence-electron chi connectivity index (χ1n) is 4.61. The number of piperidine rings is 1. The summed E-state index contributed by atoms with van der Waals surface area (Å²) in [6, 6.07) is 0.919. The number of morpholine rings is 1. The van der Waals surface area contributed by atoms with Crippen LogP contribution in [0.15, 0.2) is 0 Å². The molecule has 0 aliphatic carbocycles. The third kappa shape index (κ3) is 0.627. The zero-order valence-corrected chi connectivity index (χ0v) is 7.49. The standard InChI is InChI=1S/C9H14NO2/c1-10(2)6-3-5(11)4-7(10)9-8(6)12-9/h6-9H,3-4H2,1-2H3/q+1. The highest BCUT2D eigenvalue weighted by molar-refractivity contribution is 5.81. The molecule has 0 aromatic carbocycles. The summed E-state index contributed by atoms with van der Waals surface area (Å²) < 4.78 is 6.55. The molecule has 3 nitrogen and oxygen atoms in total. The Bertz CT molecular complexity index is 239. The average molecular weight is 168 g/mol. The zero-order valence-electron chi connectivity index (χ0n) is 7.49. The number of ketones is 1. The quantitative estimate of drug-likeness (QED) is 0.375. The normalized spacial score (nSPS) is 53.7. The summed E-state index contributed by atoms with van der Waals surface area (Å²) in [6.07, 6.45) is 2.31. The number of epoxide rings is 1. The Labute approximate surface area is 71.9 Å². The van der Waals surface area contributed by atoms with E-state index in [1.807, 2.05) is 0 Å². The van der Waals surface area contributed by atoms with Crippen LogP contribution in [0.3, 0.4) is 0 Å². The molecule has 0 aromatic rings. The zero-order chi connectivity index (χ0) is 8.51. The van der Waals surface area contributed by atoms with Crippen molar-refractivity contribution >= 4 is 5.78 Å². The molecular formula is C9H14NO2+. The van der Waals surface area contributed by atoms with Gasteiger partial charge in [0.1, 0.15) is 30.1 Å². The van der Waals surface area contributed by atoms with Gasteiger partial charge < -0.3 is 9.22 Å². The maximum Gasteiger partial charge on any atom is 0.144 e. The van der Waals surface area contributed by atoms with Crippen LogP contribution in [0.25, 0.3) is 0 Å². The van der Waals surface area contributed by atoms with E-state index in [0.29, 0.717) is 30.1 Å². The molecule has 0 amide bonds. The van der Waals surface area contributed by atoms with Crippen molar-refractivity contribution in [3.8, 4) is 0 Å². The monoisotopic (exact) mass is 168 g/mol. The third-order valence-electron chi connectivity index (χ3n) is 3.90. The fourth-order valence-corrected chi connectivity index (χ4v) is 3.01. The van der Waals surface area contributed by atoms with Crippen LogP contribution in [-0.4, -0.2) is 48.7 Å². The van der Waals surface area contributed by atoms with Crippen LogP contribution in [0.4, 0.5) is 0 Å². The van der Waals surface area contributed by atoms with Crippen molar-refractivity contribution in [1.82, 2.24) is 0 Å². The Kier molecular flexibility index (Phi) is 1.03. The number of likely N-dealkylation sites (N-methyl/N-ethyl adjacent to an activating group) is 1. The van der Waals surface area contributed by atoms with Gasteiger partial charge in [-0.05, 0) is 0 Å². The summed E-state index contributed by atoms with van der Waals surface area (Å²) in [5, 5.41) is 0. The molecule has 0 N–H and O–H groups in total. The van der Waals surface area contributed by atoms with Gasteiger partial charge in [-0.3, -0.25) is 4.79 Å². The number of hydrogen-bond donors (Lipinski definition) is 0. The SMILES string of the molecule is C[N+]1(C)C2CC(=O)CC1C1OC12. The number of rotatable bonds is 0. The maximum absolute atomic E-state index is 11.3. The first-order valence-corrected chi connectivity index (χ1v) is 4.61. The van der Waals surface area contributed by atoms with Crippen molar-refractivity contribution in [1.29, 1.82) is 0 Å². The van der Waals surface area contributed by atoms with E-state index in [4.69, 9.17) is 4.74 Å². The van der Waals surface area contributed by atoms with Crippen LogP contribution in [0.2, 0.25) is 0 Å². The lowest BCUT2D eigenvalue weighted by molar-refractivity contribution is -0.933. The number of Topliss-reactive ketones (excluding diaryl/α,β-unsaturated/α-hetero) is 1. The van der Waals surface area contributed by atoms with Crippen molar-refractivity contribution in [3.05, 3.63) is 0 Å². The van der Waals surface area contributed by atoms with Gasteiger partial charge in [0.15, 0.2) is 0 Å². The molecular weight excluding hydrogens is 154 g/mol. The highest BCUT2D eigenvalue weighted by Gasteiger charge is 2.70. The Balaban J connectivity index is 2.01. The number of ether oxygens (including phenoxy) is 1. The second-order valence-electron chi connectivity index (χ2n) is 4.78. The third-order valence-corrected chi connectivity index (χ3v) is 3.90. The second-order valence-corrected chi connectivity index (χ2v) is 4.78. The highest BCUT2D eigenvalue weighted by Crippen LogP contribution is 2.50. The van der Waals surface area contributed by atoms with Crippen LogP contribution >= 0.6 is 0 Å². The largest absolute Gasteiger partial charge is 0.357 e. The molecule has 12 heavy (non-hydrogen) atoms. The first kappa shape index (κ1) is 7.04.